The normalized spacial score (nSPS) is 10.7. The number of amides is 1. The topological polar surface area (TPSA) is 36.4 Å². The van der Waals surface area contributed by atoms with Gasteiger partial charge in [-0.3, -0.25) is 9.69 Å². The van der Waals surface area contributed by atoms with Crippen LogP contribution in [0.2, 0.25) is 5.15 Å². The molecule has 0 aromatic carbocycles. The molecule has 5 heteroatoms. The number of carbonyl (C=O) groups is 1. The highest BCUT2D eigenvalue weighted by Gasteiger charge is 2.12. The molecule has 0 fully saturated rings. The Morgan fingerprint density at radius 2 is 2.11 bits per heavy atom. The van der Waals surface area contributed by atoms with E-state index in [-0.39, 0.29) is 5.91 Å². The summed E-state index contributed by atoms with van der Waals surface area (Å²) < 4.78 is 0. The van der Waals surface area contributed by atoms with Crippen LogP contribution in [0, 0.1) is 0 Å². The molecule has 0 saturated heterocycles. The zero-order chi connectivity index (χ0) is 13.5. The smallest absolute Gasteiger partial charge is 0.236 e. The number of hydrogen-bond acceptors (Lipinski definition) is 3. The van der Waals surface area contributed by atoms with Gasteiger partial charge in [0.25, 0.3) is 0 Å². The van der Waals surface area contributed by atoms with Gasteiger partial charge in [0.15, 0.2) is 0 Å². The zero-order valence-corrected chi connectivity index (χ0v) is 11.9. The van der Waals surface area contributed by atoms with Gasteiger partial charge in [0.1, 0.15) is 5.15 Å². The maximum Gasteiger partial charge on any atom is 0.236 e. The summed E-state index contributed by atoms with van der Waals surface area (Å²) in [6.45, 7) is 4.15. The molecule has 0 spiro atoms. The van der Waals surface area contributed by atoms with Crippen LogP contribution in [0.25, 0.3) is 0 Å². The average Bonchev–Trinajstić information content (AvgIpc) is 2.32. The zero-order valence-electron chi connectivity index (χ0n) is 11.2. The average molecular weight is 270 g/mol. The van der Waals surface area contributed by atoms with Crippen LogP contribution < -0.4 is 0 Å². The lowest BCUT2D eigenvalue weighted by atomic mass is 10.2. The maximum absolute atomic E-state index is 11.7. The maximum atomic E-state index is 11.7. The molecule has 1 amide bonds. The lowest BCUT2D eigenvalue weighted by Crippen LogP contribution is -2.36. The number of nitrogens with zero attached hydrogens (tertiary/aromatic N) is 3. The molecule has 1 aromatic rings. The van der Waals surface area contributed by atoms with E-state index in [0.29, 0.717) is 11.7 Å². The monoisotopic (exact) mass is 269 g/mol. The molecule has 100 valence electrons. The third kappa shape index (κ3) is 5.02. The van der Waals surface area contributed by atoms with E-state index in [2.05, 4.69) is 16.8 Å². The number of halogens is 1. The van der Waals surface area contributed by atoms with Crippen LogP contribution in [0.4, 0.5) is 0 Å². The van der Waals surface area contributed by atoms with Gasteiger partial charge >= 0.3 is 0 Å². The Morgan fingerprint density at radius 3 is 2.61 bits per heavy atom. The van der Waals surface area contributed by atoms with Crippen LogP contribution >= 0.6 is 11.6 Å². The van der Waals surface area contributed by atoms with Crippen molar-refractivity contribution < 1.29 is 4.79 Å². The first-order valence-electron chi connectivity index (χ1n) is 6.06. The fourth-order valence-corrected chi connectivity index (χ4v) is 1.73. The Morgan fingerprint density at radius 1 is 1.39 bits per heavy atom. The SMILES string of the molecule is CCCN(CC(=O)N(C)C)Cc1ccc(Cl)nc1. The number of aromatic nitrogens is 1. The quantitative estimate of drug-likeness (QED) is 0.742. The van der Waals surface area contributed by atoms with E-state index in [4.69, 9.17) is 11.6 Å². The molecular weight excluding hydrogens is 250 g/mol. The summed E-state index contributed by atoms with van der Waals surface area (Å²) in [5.74, 6) is 0.116. The van der Waals surface area contributed by atoms with Gasteiger partial charge in [-0.05, 0) is 24.6 Å². The van der Waals surface area contributed by atoms with Crippen molar-refractivity contribution in [2.75, 3.05) is 27.2 Å². The number of carbonyl (C=O) groups excluding carboxylic acids is 1. The summed E-state index contributed by atoms with van der Waals surface area (Å²) in [6, 6.07) is 3.72. The Hall–Kier alpha value is -1.13. The van der Waals surface area contributed by atoms with E-state index in [1.54, 1.807) is 31.3 Å². The summed E-state index contributed by atoms with van der Waals surface area (Å²) in [4.78, 5) is 19.5. The van der Waals surface area contributed by atoms with Gasteiger partial charge < -0.3 is 4.90 Å². The van der Waals surface area contributed by atoms with Crippen molar-refractivity contribution in [3.05, 3.63) is 29.0 Å². The van der Waals surface area contributed by atoms with Crippen molar-refractivity contribution in [3.63, 3.8) is 0 Å². The van der Waals surface area contributed by atoms with Crippen molar-refractivity contribution >= 4 is 17.5 Å². The van der Waals surface area contributed by atoms with Crippen LogP contribution in [0.15, 0.2) is 18.3 Å². The van der Waals surface area contributed by atoms with Crippen LogP contribution in [-0.4, -0.2) is 47.9 Å². The van der Waals surface area contributed by atoms with E-state index < -0.39 is 0 Å². The molecule has 0 aliphatic carbocycles. The minimum absolute atomic E-state index is 0.116. The fraction of sp³-hybridized carbons (Fsp3) is 0.538. The third-order valence-corrected chi connectivity index (χ3v) is 2.82. The number of pyridine rings is 1. The van der Waals surface area contributed by atoms with E-state index in [1.807, 2.05) is 6.07 Å². The summed E-state index contributed by atoms with van der Waals surface area (Å²) in [5, 5.41) is 0.491. The molecule has 4 nitrogen and oxygen atoms in total. The molecule has 1 aromatic heterocycles. The summed E-state index contributed by atoms with van der Waals surface area (Å²) in [5.41, 5.74) is 1.07. The number of likely N-dealkylation sites (N-methyl/N-ethyl adjacent to an activating group) is 1. The molecular formula is C13H20ClN3O. The second kappa shape index (κ2) is 7.34. The van der Waals surface area contributed by atoms with Crippen molar-refractivity contribution in [2.24, 2.45) is 0 Å². The van der Waals surface area contributed by atoms with Gasteiger partial charge in [0.2, 0.25) is 5.91 Å². The molecule has 0 saturated carbocycles. The summed E-state index contributed by atoms with van der Waals surface area (Å²) >= 11 is 5.75. The standard InChI is InChI=1S/C13H20ClN3O/c1-4-7-17(10-13(18)16(2)3)9-11-5-6-12(14)15-8-11/h5-6,8H,4,7,9-10H2,1-3H3. The Kier molecular flexibility index (Phi) is 6.09. The Bertz CT molecular complexity index is 378. The predicted molar refractivity (Wildman–Crippen MR) is 73.5 cm³/mol. The number of hydrogen-bond donors (Lipinski definition) is 0. The molecule has 1 rings (SSSR count). The predicted octanol–water partition coefficient (Wildman–Crippen LogP) is 2.04. The van der Waals surface area contributed by atoms with Gasteiger partial charge in [-0.1, -0.05) is 24.6 Å². The van der Waals surface area contributed by atoms with Crippen molar-refractivity contribution in [2.45, 2.75) is 19.9 Å². The molecule has 1 heterocycles. The highest BCUT2D eigenvalue weighted by atomic mass is 35.5. The molecule has 0 radical (unpaired) electrons. The lowest BCUT2D eigenvalue weighted by molar-refractivity contribution is -0.130. The Balaban J connectivity index is 2.62. The highest BCUT2D eigenvalue weighted by molar-refractivity contribution is 6.29. The highest BCUT2D eigenvalue weighted by Crippen LogP contribution is 2.08. The van der Waals surface area contributed by atoms with Crippen molar-refractivity contribution in [1.29, 1.82) is 0 Å². The molecule has 0 aliphatic heterocycles. The van der Waals surface area contributed by atoms with Crippen LogP contribution in [-0.2, 0) is 11.3 Å². The minimum atomic E-state index is 0.116. The molecule has 0 aliphatic rings. The first-order chi connectivity index (χ1) is 8.52. The van der Waals surface area contributed by atoms with Gasteiger partial charge in [-0.25, -0.2) is 4.98 Å². The van der Waals surface area contributed by atoms with E-state index >= 15 is 0 Å². The van der Waals surface area contributed by atoms with Gasteiger partial charge in [-0.2, -0.15) is 0 Å². The minimum Gasteiger partial charge on any atom is -0.348 e. The van der Waals surface area contributed by atoms with E-state index in [1.165, 1.54) is 0 Å². The van der Waals surface area contributed by atoms with Gasteiger partial charge in [-0.15, -0.1) is 0 Å². The first kappa shape index (κ1) is 14.9. The fourth-order valence-electron chi connectivity index (χ4n) is 1.62. The molecule has 0 N–H and O–H groups in total. The molecule has 0 unspecified atom stereocenters. The number of rotatable bonds is 6. The molecule has 18 heavy (non-hydrogen) atoms. The second-order valence-electron chi connectivity index (χ2n) is 4.49. The summed E-state index contributed by atoms with van der Waals surface area (Å²) in [6.07, 6.45) is 2.77. The van der Waals surface area contributed by atoms with Gasteiger partial charge in [0.05, 0.1) is 6.54 Å². The van der Waals surface area contributed by atoms with Gasteiger partial charge in [0, 0.05) is 26.8 Å². The van der Waals surface area contributed by atoms with Crippen LogP contribution in [0.3, 0.4) is 0 Å². The van der Waals surface area contributed by atoms with E-state index in [9.17, 15) is 4.79 Å². The van der Waals surface area contributed by atoms with Crippen molar-refractivity contribution in [1.82, 2.24) is 14.8 Å². The Labute approximate surface area is 114 Å². The molecule has 0 atom stereocenters. The van der Waals surface area contributed by atoms with Crippen molar-refractivity contribution in [3.8, 4) is 0 Å². The molecule has 0 bridgehead atoms. The van der Waals surface area contributed by atoms with Crippen LogP contribution in [0.5, 0.6) is 0 Å². The third-order valence-electron chi connectivity index (χ3n) is 2.59. The van der Waals surface area contributed by atoms with E-state index in [0.717, 1.165) is 25.1 Å². The lowest BCUT2D eigenvalue weighted by Gasteiger charge is -2.22. The largest absolute Gasteiger partial charge is 0.348 e. The first-order valence-corrected chi connectivity index (χ1v) is 6.43. The summed E-state index contributed by atoms with van der Waals surface area (Å²) in [7, 11) is 3.55. The van der Waals surface area contributed by atoms with Crippen LogP contribution in [0.1, 0.15) is 18.9 Å². The second-order valence-corrected chi connectivity index (χ2v) is 4.88.